The molecule has 2 rings (SSSR count). The molecule has 0 fully saturated rings. The maximum Gasteiger partial charge on any atom is 0.335 e. The lowest BCUT2D eigenvalue weighted by Crippen LogP contribution is -1.96. The van der Waals surface area contributed by atoms with Crippen molar-refractivity contribution in [2.75, 3.05) is 0 Å². The number of halogens is 1. The third-order valence-corrected chi connectivity index (χ3v) is 3.23. The number of nitrogens with zero attached hydrogens (tertiary/aromatic N) is 1. The van der Waals surface area contributed by atoms with Gasteiger partial charge in [0.1, 0.15) is 11.5 Å². The van der Waals surface area contributed by atoms with Gasteiger partial charge in [-0.05, 0) is 51.8 Å². The summed E-state index contributed by atoms with van der Waals surface area (Å²) in [6.07, 6.45) is 0.358. The Kier molecular flexibility index (Phi) is 4.38. The Bertz CT molecular complexity index is 675. The third kappa shape index (κ3) is 3.37. The number of carboxylic acid groups (broad SMARTS) is 1. The highest BCUT2D eigenvalue weighted by Gasteiger charge is 2.08. The highest BCUT2D eigenvalue weighted by Crippen LogP contribution is 2.30. The zero-order valence-corrected chi connectivity index (χ0v) is 11.9. The number of hydrogen-bond acceptors (Lipinski definition) is 3. The summed E-state index contributed by atoms with van der Waals surface area (Å²) in [4.78, 5) is 10.8. The number of ether oxygens (including phenoxy) is 1. The van der Waals surface area contributed by atoms with Crippen molar-refractivity contribution in [1.82, 2.24) is 0 Å². The molecule has 5 heteroatoms. The summed E-state index contributed by atoms with van der Waals surface area (Å²) in [5.41, 5.74) is 1.11. The molecule has 100 valence electrons. The molecule has 0 amide bonds. The van der Waals surface area contributed by atoms with Crippen LogP contribution >= 0.6 is 15.9 Å². The lowest BCUT2D eigenvalue weighted by atomic mass is 10.1. The van der Waals surface area contributed by atoms with Crippen molar-refractivity contribution in [3.63, 3.8) is 0 Å². The molecule has 20 heavy (non-hydrogen) atoms. The van der Waals surface area contributed by atoms with Crippen molar-refractivity contribution in [2.45, 2.75) is 6.42 Å². The largest absolute Gasteiger partial charge is 0.478 e. The van der Waals surface area contributed by atoms with Crippen molar-refractivity contribution in [3.05, 3.63) is 58.1 Å². The Labute approximate surface area is 124 Å². The number of rotatable bonds is 4. The van der Waals surface area contributed by atoms with Crippen molar-refractivity contribution in [3.8, 4) is 17.6 Å². The van der Waals surface area contributed by atoms with Crippen LogP contribution in [0.5, 0.6) is 11.5 Å². The average Bonchev–Trinajstić information content (AvgIpc) is 2.43. The molecular weight excluding hydrogens is 322 g/mol. The minimum absolute atomic E-state index is 0.189. The van der Waals surface area contributed by atoms with E-state index in [9.17, 15) is 4.79 Å². The van der Waals surface area contributed by atoms with E-state index in [1.165, 1.54) is 12.1 Å². The number of carbonyl (C=O) groups is 1. The number of carboxylic acids is 1. The summed E-state index contributed by atoms with van der Waals surface area (Å²) in [6.45, 7) is 0. The fraction of sp³-hybridized carbons (Fsp3) is 0.0667. The third-order valence-electron chi connectivity index (χ3n) is 2.61. The van der Waals surface area contributed by atoms with Crippen molar-refractivity contribution in [2.24, 2.45) is 0 Å². The van der Waals surface area contributed by atoms with Gasteiger partial charge in [-0.2, -0.15) is 5.26 Å². The monoisotopic (exact) mass is 331 g/mol. The van der Waals surface area contributed by atoms with Gasteiger partial charge in [-0.3, -0.25) is 0 Å². The van der Waals surface area contributed by atoms with Gasteiger partial charge in [0.15, 0.2) is 0 Å². The molecule has 0 radical (unpaired) electrons. The second-order valence-electron chi connectivity index (χ2n) is 4.03. The molecular formula is C15H10BrNO3. The summed E-state index contributed by atoms with van der Waals surface area (Å²) in [5, 5.41) is 17.5. The van der Waals surface area contributed by atoms with E-state index in [1.807, 2.05) is 12.1 Å². The standard InChI is InChI=1S/C15H10BrNO3/c16-13-9-11(15(18)19)3-6-14(13)20-12-4-1-10(2-5-12)7-8-17/h1-6,9H,7H2,(H,18,19). The molecule has 1 N–H and O–H groups in total. The lowest BCUT2D eigenvalue weighted by Gasteiger charge is -2.08. The van der Waals surface area contributed by atoms with E-state index < -0.39 is 5.97 Å². The molecule has 0 spiro atoms. The Morgan fingerprint density at radius 1 is 1.25 bits per heavy atom. The maximum absolute atomic E-state index is 10.8. The predicted molar refractivity (Wildman–Crippen MR) is 76.9 cm³/mol. The van der Waals surface area contributed by atoms with Crippen molar-refractivity contribution in [1.29, 1.82) is 5.26 Å². The van der Waals surface area contributed by atoms with E-state index in [4.69, 9.17) is 15.1 Å². The van der Waals surface area contributed by atoms with Gasteiger partial charge in [-0.1, -0.05) is 12.1 Å². The van der Waals surface area contributed by atoms with Gasteiger partial charge in [-0.25, -0.2) is 4.79 Å². The van der Waals surface area contributed by atoms with Crippen LogP contribution in [0.3, 0.4) is 0 Å². The van der Waals surface area contributed by atoms with Crippen LogP contribution in [0.4, 0.5) is 0 Å². The summed E-state index contributed by atoms with van der Waals surface area (Å²) in [5.74, 6) is 0.164. The predicted octanol–water partition coefficient (Wildman–Crippen LogP) is 4.01. The van der Waals surface area contributed by atoms with Crippen LogP contribution in [0.15, 0.2) is 46.9 Å². The van der Waals surface area contributed by atoms with Crippen LogP contribution in [0, 0.1) is 11.3 Å². The first-order valence-corrected chi connectivity index (χ1v) is 6.56. The maximum atomic E-state index is 10.8. The van der Waals surface area contributed by atoms with Gasteiger partial charge >= 0.3 is 5.97 Å². The molecule has 0 saturated carbocycles. The first-order valence-electron chi connectivity index (χ1n) is 5.77. The Morgan fingerprint density at radius 2 is 1.95 bits per heavy atom. The molecule has 0 atom stereocenters. The Morgan fingerprint density at radius 3 is 2.50 bits per heavy atom. The first-order chi connectivity index (χ1) is 9.60. The van der Waals surface area contributed by atoms with E-state index in [2.05, 4.69) is 22.0 Å². The van der Waals surface area contributed by atoms with Gasteiger partial charge < -0.3 is 9.84 Å². The van der Waals surface area contributed by atoms with Gasteiger partial charge in [0.25, 0.3) is 0 Å². The fourth-order valence-electron chi connectivity index (χ4n) is 1.61. The van der Waals surface area contributed by atoms with Crippen LogP contribution in [0.2, 0.25) is 0 Å². The molecule has 0 bridgehead atoms. The van der Waals surface area contributed by atoms with Crippen molar-refractivity contribution < 1.29 is 14.6 Å². The summed E-state index contributed by atoms with van der Waals surface area (Å²) in [6, 6.07) is 13.8. The molecule has 2 aromatic rings. The minimum Gasteiger partial charge on any atom is -0.478 e. The van der Waals surface area contributed by atoms with Crippen LogP contribution in [-0.2, 0) is 6.42 Å². The highest BCUT2D eigenvalue weighted by molar-refractivity contribution is 9.10. The Balaban J connectivity index is 2.17. The van der Waals surface area contributed by atoms with Gasteiger partial charge in [0.2, 0.25) is 0 Å². The molecule has 0 heterocycles. The molecule has 0 aliphatic carbocycles. The quantitative estimate of drug-likeness (QED) is 0.918. The zero-order valence-electron chi connectivity index (χ0n) is 10.3. The van der Waals surface area contributed by atoms with Crippen LogP contribution in [0.25, 0.3) is 0 Å². The second kappa shape index (κ2) is 6.22. The molecule has 0 aromatic heterocycles. The number of nitriles is 1. The highest BCUT2D eigenvalue weighted by atomic mass is 79.9. The first kappa shape index (κ1) is 14.1. The van der Waals surface area contributed by atoms with E-state index in [0.29, 0.717) is 22.4 Å². The molecule has 0 saturated heterocycles. The van der Waals surface area contributed by atoms with Crippen LogP contribution < -0.4 is 4.74 Å². The fourth-order valence-corrected chi connectivity index (χ4v) is 2.07. The molecule has 4 nitrogen and oxygen atoms in total. The van der Waals surface area contributed by atoms with Crippen LogP contribution in [-0.4, -0.2) is 11.1 Å². The average molecular weight is 332 g/mol. The molecule has 2 aromatic carbocycles. The minimum atomic E-state index is -0.988. The smallest absolute Gasteiger partial charge is 0.335 e. The van der Waals surface area contributed by atoms with Crippen LogP contribution in [0.1, 0.15) is 15.9 Å². The van der Waals surface area contributed by atoms with Gasteiger partial charge in [-0.15, -0.1) is 0 Å². The summed E-state index contributed by atoms with van der Waals surface area (Å²) < 4.78 is 6.22. The normalized spacial score (nSPS) is 9.80. The van der Waals surface area contributed by atoms with Gasteiger partial charge in [0.05, 0.1) is 22.5 Å². The Hall–Kier alpha value is -2.32. The van der Waals surface area contributed by atoms with E-state index in [1.54, 1.807) is 18.2 Å². The lowest BCUT2D eigenvalue weighted by molar-refractivity contribution is 0.0697. The summed E-state index contributed by atoms with van der Waals surface area (Å²) >= 11 is 3.28. The number of aromatic carboxylic acids is 1. The zero-order chi connectivity index (χ0) is 14.5. The number of benzene rings is 2. The summed E-state index contributed by atoms with van der Waals surface area (Å²) in [7, 11) is 0. The van der Waals surface area contributed by atoms with E-state index in [0.717, 1.165) is 5.56 Å². The SMILES string of the molecule is N#CCc1ccc(Oc2ccc(C(=O)O)cc2Br)cc1. The van der Waals surface area contributed by atoms with Gasteiger partial charge in [0, 0.05) is 0 Å². The molecule has 0 unspecified atom stereocenters. The van der Waals surface area contributed by atoms with E-state index in [-0.39, 0.29) is 5.56 Å². The second-order valence-corrected chi connectivity index (χ2v) is 4.89. The van der Waals surface area contributed by atoms with E-state index >= 15 is 0 Å². The molecule has 0 aliphatic rings. The topological polar surface area (TPSA) is 70.3 Å². The van der Waals surface area contributed by atoms with Crippen molar-refractivity contribution >= 4 is 21.9 Å². The number of hydrogen-bond donors (Lipinski definition) is 1. The molecule has 0 aliphatic heterocycles.